The first-order valence-electron chi connectivity index (χ1n) is 4.79. The highest BCUT2D eigenvalue weighted by molar-refractivity contribution is 7.85. The van der Waals surface area contributed by atoms with Gasteiger partial charge in [-0.05, 0) is 12.5 Å². The second-order valence-electron chi connectivity index (χ2n) is 3.33. The van der Waals surface area contributed by atoms with Gasteiger partial charge < -0.3 is 9.47 Å². The molecular formula is C9H13N5O2S. The van der Waals surface area contributed by atoms with Gasteiger partial charge in [0.15, 0.2) is 0 Å². The van der Waals surface area contributed by atoms with Crippen molar-refractivity contribution in [1.82, 2.24) is 19.6 Å². The molecule has 92 valence electrons. The topological polar surface area (TPSA) is 73.9 Å². The van der Waals surface area contributed by atoms with Crippen molar-refractivity contribution in [1.29, 1.82) is 0 Å². The zero-order chi connectivity index (χ0) is 12.4. The van der Waals surface area contributed by atoms with Crippen molar-refractivity contribution >= 4 is 22.4 Å². The van der Waals surface area contributed by atoms with E-state index in [4.69, 9.17) is 9.47 Å². The molecule has 2 aromatic rings. The summed E-state index contributed by atoms with van der Waals surface area (Å²) in [6.07, 6.45) is 3.97. The predicted molar refractivity (Wildman–Crippen MR) is 65.2 cm³/mol. The summed E-state index contributed by atoms with van der Waals surface area (Å²) in [6, 6.07) is 1.64. The normalized spacial score (nSPS) is 10.9. The third-order valence-electron chi connectivity index (χ3n) is 1.93. The van der Waals surface area contributed by atoms with Gasteiger partial charge in [-0.15, -0.1) is 5.10 Å². The van der Waals surface area contributed by atoms with Crippen LogP contribution in [-0.4, -0.2) is 46.3 Å². The van der Waals surface area contributed by atoms with Gasteiger partial charge in [-0.3, -0.25) is 0 Å². The lowest BCUT2D eigenvalue weighted by molar-refractivity contribution is 0.365. The average molecular weight is 255 g/mol. The molecule has 2 rings (SSSR count). The monoisotopic (exact) mass is 255 g/mol. The minimum absolute atomic E-state index is 0.122. The van der Waals surface area contributed by atoms with Crippen molar-refractivity contribution in [2.75, 3.05) is 26.7 Å². The Morgan fingerprint density at radius 3 is 2.59 bits per heavy atom. The largest absolute Gasteiger partial charge is 0.481 e. The van der Waals surface area contributed by atoms with E-state index in [2.05, 4.69) is 19.4 Å². The fraction of sp³-hybridized carbons (Fsp3) is 0.444. The zero-order valence-electron chi connectivity index (χ0n) is 10.0. The molecule has 0 spiro atoms. The number of hydrogen-bond donors (Lipinski definition) is 0. The van der Waals surface area contributed by atoms with E-state index in [0.717, 1.165) is 0 Å². The van der Waals surface area contributed by atoms with Crippen LogP contribution in [0.25, 0.3) is 5.78 Å². The van der Waals surface area contributed by atoms with E-state index in [-0.39, 0.29) is 10.7 Å². The van der Waals surface area contributed by atoms with Crippen molar-refractivity contribution in [3.05, 3.63) is 6.07 Å². The van der Waals surface area contributed by atoms with Gasteiger partial charge in [-0.2, -0.15) is 18.8 Å². The lowest BCUT2D eigenvalue weighted by Gasteiger charge is -2.03. The molecule has 2 heterocycles. The van der Waals surface area contributed by atoms with Gasteiger partial charge in [0.25, 0.3) is 11.7 Å². The SMILES string of the molecule is COc1cc(OC)n2nc(N=S(C)C)nc2n1. The van der Waals surface area contributed by atoms with Crippen LogP contribution < -0.4 is 9.47 Å². The Kier molecular flexibility index (Phi) is 3.23. The van der Waals surface area contributed by atoms with Crippen LogP contribution in [0.5, 0.6) is 11.8 Å². The molecule has 0 aromatic carbocycles. The van der Waals surface area contributed by atoms with E-state index >= 15 is 0 Å². The minimum Gasteiger partial charge on any atom is -0.481 e. The molecule has 2 aromatic heterocycles. The van der Waals surface area contributed by atoms with Gasteiger partial charge >= 0.3 is 0 Å². The molecular weight excluding hydrogens is 242 g/mol. The zero-order valence-corrected chi connectivity index (χ0v) is 10.9. The minimum atomic E-state index is -0.122. The van der Waals surface area contributed by atoms with Gasteiger partial charge in [0.05, 0.1) is 20.3 Å². The van der Waals surface area contributed by atoms with Crippen LogP contribution in [0.2, 0.25) is 0 Å². The summed E-state index contributed by atoms with van der Waals surface area (Å²) >= 11 is 0. The van der Waals surface area contributed by atoms with Crippen LogP contribution in [0.3, 0.4) is 0 Å². The molecule has 0 aliphatic rings. The quantitative estimate of drug-likeness (QED) is 0.812. The molecule has 0 atom stereocenters. The number of ether oxygens (including phenoxy) is 2. The number of aromatic nitrogens is 4. The van der Waals surface area contributed by atoms with Gasteiger partial charge in [0, 0.05) is 0 Å². The summed E-state index contributed by atoms with van der Waals surface area (Å²) in [6.45, 7) is 0. The van der Waals surface area contributed by atoms with Crippen LogP contribution in [0.1, 0.15) is 0 Å². The lowest BCUT2D eigenvalue weighted by atomic mass is 10.6. The summed E-state index contributed by atoms with van der Waals surface area (Å²) in [5.41, 5.74) is 0. The fourth-order valence-electron chi connectivity index (χ4n) is 1.26. The molecule has 0 bridgehead atoms. The molecule has 0 saturated heterocycles. The van der Waals surface area contributed by atoms with Crippen LogP contribution in [-0.2, 0) is 10.7 Å². The molecule has 0 N–H and O–H groups in total. The van der Waals surface area contributed by atoms with E-state index < -0.39 is 0 Å². The first kappa shape index (κ1) is 11.8. The highest BCUT2D eigenvalue weighted by Gasteiger charge is 2.11. The average Bonchev–Trinajstić information content (AvgIpc) is 2.68. The Bertz CT molecular complexity index is 576. The Hall–Kier alpha value is -1.70. The highest BCUT2D eigenvalue weighted by Crippen LogP contribution is 2.20. The second kappa shape index (κ2) is 4.66. The van der Waals surface area contributed by atoms with Crippen molar-refractivity contribution in [2.45, 2.75) is 0 Å². The molecule has 0 saturated carbocycles. The molecule has 0 unspecified atom stereocenters. The summed E-state index contributed by atoms with van der Waals surface area (Å²) < 4.78 is 16.0. The number of nitrogens with zero attached hydrogens (tertiary/aromatic N) is 5. The van der Waals surface area contributed by atoms with Gasteiger partial charge in [0.2, 0.25) is 11.8 Å². The third kappa shape index (κ3) is 2.36. The molecule has 8 heteroatoms. The molecule has 0 aliphatic carbocycles. The third-order valence-corrected chi connectivity index (χ3v) is 2.46. The van der Waals surface area contributed by atoms with Crippen molar-refractivity contribution in [3.63, 3.8) is 0 Å². The van der Waals surface area contributed by atoms with Gasteiger partial charge in [-0.25, -0.2) is 0 Å². The van der Waals surface area contributed by atoms with Crippen LogP contribution in [0.15, 0.2) is 10.4 Å². The lowest BCUT2D eigenvalue weighted by Crippen LogP contribution is -1.99. The van der Waals surface area contributed by atoms with E-state index in [0.29, 0.717) is 23.5 Å². The molecule has 17 heavy (non-hydrogen) atoms. The Balaban J connectivity index is 2.62. The van der Waals surface area contributed by atoms with Gasteiger partial charge in [-0.1, -0.05) is 10.7 Å². The fourth-order valence-corrected chi connectivity index (χ4v) is 1.67. The number of rotatable bonds is 3. The Morgan fingerprint density at radius 1 is 1.24 bits per heavy atom. The summed E-state index contributed by atoms with van der Waals surface area (Å²) in [7, 11) is 2.97. The Labute approximate surface area is 101 Å². The molecule has 0 amide bonds. The predicted octanol–water partition coefficient (Wildman–Crippen LogP) is 0.834. The van der Waals surface area contributed by atoms with Crippen LogP contribution in [0.4, 0.5) is 5.95 Å². The second-order valence-corrected chi connectivity index (χ2v) is 5.06. The number of methoxy groups -OCH3 is 2. The first-order chi connectivity index (χ1) is 8.13. The van der Waals surface area contributed by atoms with E-state index in [1.807, 2.05) is 12.5 Å². The molecule has 7 nitrogen and oxygen atoms in total. The van der Waals surface area contributed by atoms with Gasteiger partial charge in [0.1, 0.15) is 0 Å². The number of fused-ring (bicyclic) bond motifs is 1. The molecule has 0 radical (unpaired) electrons. The van der Waals surface area contributed by atoms with E-state index in [1.165, 1.54) is 11.6 Å². The maximum atomic E-state index is 5.19. The van der Waals surface area contributed by atoms with Crippen molar-refractivity contribution < 1.29 is 9.47 Å². The van der Waals surface area contributed by atoms with Crippen molar-refractivity contribution in [3.8, 4) is 11.8 Å². The van der Waals surface area contributed by atoms with Crippen molar-refractivity contribution in [2.24, 2.45) is 4.36 Å². The first-order valence-corrected chi connectivity index (χ1v) is 6.79. The number of hydrogen-bond acceptors (Lipinski definition) is 6. The summed E-state index contributed by atoms with van der Waals surface area (Å²) in [5, 5.41) is 4.20. The molecule has 0 aliphatic heterocycles. The highest BCUT2D eigenvalue weighted by atomic mass is 32.2. The van der Waals surface area contributed by atoms with E-state index in [9.17, 15) is 0 Å². The Morgan fingerprint density at radius 2 is 2.00 bits per heavy atom. The smallest absolute Gasteiger partial charge is 0.276 e. The summed E-state index contributed by atoms with van der Waals surface area (Å²) in [5.74, 6) is 1.75. The maximum Gasteiger partial charge on any atom is 0.276 e. The van der Waals surface area contributed by atoms with Crippen LogP contribution >= 0.6 is 0 Å². The standard InChI is InChI=1S/C9H13N5O2S/c1-15-6-5-7(16-2)14-9(10-6)11-8(12-14)13-17(3)4/h5H,1-4H3. The summed E-state index contributed by atoms with van der Waals surface area (Å²) in [4.78, 5) is 8.35. The maximum absolute atomic E-state index is 5.19. The molecule has 0 fully saturated rings. The van der Waals surface area contributed by atoms with Crippen LogP contribution in [0, 0.1) is 0 Å². The van der Waals surface area contributed by atoms with E-state index in [1.54, 1.807) is 13.2 Å².